The Kier molecular flexibility index (Phi) is 7.63. The minimum Gasteiger partial charge on any atom is -0.354 e. The Hall–Kier alpha value is -2.67. The predicted octanol–water partition coefficient (Wildman–Crippen LogP) is 3.23. The Bertz CT molecular complexity index is 856. The van der Waals surface area contributed by atoms with Crippen LogP contribution in [0.25, 0.3) is 0 Å². The van der Waals surface area contributed by atoms with Crippen LogP contribution in [0.1, 0.15) is 51.8 Å². The lowest BCUT2D eigenvalue weighted by molar-refractivity contribution is -0.124. The Morgan fingerprint density at radius 1 is 1.13 bits per heavy atom. The maximum absolute atomic E-state index is 12.8. The molecule has 2 heterocycles. The molecule has 1 aliphatic rings. The molecule has 1 aromatic carbocycles. The number of piperidine rings is 1. The summed E-state index contributed by atoms with van der Waals surface area (Å²) < 4.78 is 0. The average molecular weight is 428 g/mol. The van der Waals surface area contributed by atoms with Gasteiger partial charge in [0.05, 0.1) is 4.88 Å². The summed E-state index contributed by atoms with van der Waals surface area (Å²) in [7, 11) is 0. The molecule has 0 aliphatic carbocycles. The van der Waals surface area contributed by atoms with Crippen LogP contribution in [0.2, 0.25) is 0 Å². The van der Waals surface area contributed by atoms with Gasteiger partial charge in [0.1, 0.15) is 6.04 Å². The molecule has 1 saturated heterocycles. The molecule has 30 heavy (non-hydrogen) atoms. The van der Waals surface area contributed by atoms with Gasteiger partial charge in [-0.05, 0) is 55.7 Å². The molecule has 6 nitrogen and oxygen atoms in total. The zero-order valence-corrected chi connectivity index (χ0v) is 18.3. The summed E-state index contributed by atoms with van der Waals surface area (Å²) in [5.41, 5.74) is 1.80. The van der Waals surface area contributed by atoms with Gasteiger partial charge in [-0.3, -0.25) is 14.4 Å². The molecular weight excluding hydrogens is 398 g/mol. The second kappa shape index (κ2) is 10.4. The van der Waals surface area contributed by atoms with Crippen molar-refractivity contribution in [3.05, 3.63) is 57.8 Å². The van der Waals surface area contributed by atoms with E-state index in [9.17, 15) is 14.4 Å². The van der Waals surface area contributed by atoms with Gasteiger partial charge in [0.25, 0.3) is 11.8 Å². The maximum Gasteiger partial charge on any atom is 0.262 e. The van der Waals surface area contributed by atoms with Crippen LogP contribution in [0.15, 0.2) is 41.8 Å². The highest BCUT2D eigenvalue weighted by Gasteiger charge is 2.34. The van der Waals surface area contributed by atoms with Crippen molar-refractivity contribution in [1.82, 2.24) is 15.5 Å². The molecular formula is C23H29N3O3S. The molecule has 0 bridgehead atoms. The molecule has 0 saturated carbocycles. The van der Waals surface area contributed by atoms with E-state index in [1.807, 2.05) is 54.5 Å². The Morgan fingerprint density at radius 2 is 1.83 bits per heavy atom. The number of rotatable bonds is 7. The van der Waals surface area contributed by atoms with Crippen LogP contribution in [0.5, 0.6) is 0 Å². The quantitative estimate of drug-likeness (QED) is 0.712. The van der Waals surface area contributed by atoms with E-state index in [0.29, 0.717) is 42.9 Å². The Balaban J connectivity index is 1.64. The average Bonchev–Trinajstić information content (AvgIpc) is 3.31. The third-order valence-corrected chi connectivity index (χ3v) is 6.33. The van der Waals surface area contributed by atoms with Crippen LogP contribution in [0.4, 0.5) is 0 Å². The number of hydrogen-bond donors (Lipinski definition) is 2. The van der Waals surface area contributed by atoms with Gasteiger partial charge in [0.15, 0.2) is 0 Å². The van der Waals surface area contributed by atoms with Crippen molar-refractivity contribution in [1.29, 1.82) is 0 Å². The molecule has 1 fully saturated rings. The highest BCUT2D eigenvalue weighted by molar-refractivity contribution is 7.12. The SMILES string of the molecule is CCCNC(=O)[C@H](NC(=O)c1cccs1)C1CCN(C(=O)c2ccc(C)cc2)CC1. The summed E-state index contributed by atoms with van der Waals surface area (Å²) in [5.74, 6) is -0.360. The fourth-order valence-corrected chi connectivity index (χ4v) is 4.32. The minimum absolute atomic E-state index is 0.00663. The summed E-state index contributed by atoms with van der Waals surface area (Å²) in [4.78, 5) is 40.6. The summed E-state index contributed by atoms with van der Waals surface area (Å²) >= 11 is 1.36. The van der Waals surface area contributed by atoms with Crippen LogP contribution >= 0.6 is 11.3 Å². The molecule has 160 valence electrons. The number of thiophene rings is 1. The summed E-state index contributed by atoms with van der Waals surface area (Å²) in [6, 6.07) is 10.6. The van der Waals surface area contributed by atoms with Crippen molar-refractivity contribution in [2.24, 2.45) is 5.92 Å². The van der Waals surface area contributed by atoms with Gasteiger partial charge in [-0.25, -0.2) is 0 Å². The van der Waals surface area contributed by atoms with E-state index in [2.05, 4.69) is 10.6 Å². The molecule has 0 unspecified atom stereocenters. The monoisotopic (exact) mass is 427 g/mol. The van der Waals surface area contributed by atoms with Crippen molar-refractivity contribution >= 4 is 29.1 Å². The fourth-order valence-electron chi connectivity index (χ4n) is 3.69. The van der Waals surface area contributed by atoms with Crippen molar-refractivity contribution in [2.45, 2.75) is 39.2 Å². The number of benzene rings is 1. The number of aryl methyl sites for hydroxylation is 1. The molecule has 2 aromatic rings. The van der Waals surface area contributed by atoms with Gasteiger partial charge in [0.2, 0.25) is 5.91 Å². The first-order valence-corrected chi connectivity index (χ1v) is 11.4. The van der Waals surface area contributed by atoms with Crippen LogP contribution in [-0.2, 0) is 4.79 Å². The second-order valence-electron chi connectivity index (χ2n) is 7.72. The summed E-state index contributed by atoms with van der Waals surface area (Å²) in [6.45, 7) is 5.71. The van der Waals surface area contributed by atoms with E-state index in [1.165, 1.54) is 11.3 Å². The number of nitrogens with zero attached hydrogens (tertiary/aromatic N) is 1. The molecule has 0 radical (unpaired) electrons. The van der Waals surface area contributed by atoms with Crippen LogP contribution in [-0.4, -0.2) is 48.3 Å². The number of nitrogens with one attached hydrogen (secondary N) is 2. The van der Waals surface area contributed by atoms with Crippen molar-refractivity contribution in [3.8, 4) is 0 Å². The summed E-state index contributed by atoms with van der Waals surface area (Å²) in [6.07, 6.45) is 2.18. The van der Waals surface area contributed by atoms with E-state index < -0.39 is 6.04 Å². The third-order valence-electron chi connectivity index (χ3n) is 5.46. The molecule has 2 N–H and O–H groups in total. The largest absolute Gasteiger partial charge is 0.354 e. The first kappa shape index (κ1) is 22.0. The lowest BCUT2D eigenvalue weighted by Crippen LogP contribution is -2.53. The normalized spacial score (nSPS) is 15.5. The Morgan fingerprint density at radius 3 is 2.43 bits per heavy atom. The zero-order valence-electron chi connectivity index (χ0n) is 17.5. The van der Waals surface area contributed by atoms with Crippen molar-refractivity contribution < 1.29 is 14.4 Å². The molecule has 1 aromatic heterocycles. The topological polar surface area (TPSA) is 78.5 Å². The van der Waals surface area contributed by atoms with Crippen molar-refractivity contribution in [2.75, 3.05) is 19.6 Å². The van der Waals surface area contributed by atoms with Gasteiger partial charge in [-0.1, -0.05) is 30.7 Å². The van der Waals surface area contributed by atoms with Gasteiger partial charge >= 0.3 is 0 Å². The van der Waals surface area contributed by atoms with Gasteiger partial charge in [-0.2, -0.15) is 0 Å². The number of likely N-dealkylation sites (tertiary alicyclic amines) is 1. The van der Waals surface area contributed by atoms with E-state index in [4.69, 9.17) is 0 Å². The third kappa shape index (κ3) is 5.48. The van der Waals surface area contributed by atoms with Gasteiger partial charge < -0.3 is 15.5 Å². The van der Waals surface area contributed by atoms with E-state index in [0.717, 1.165) is 12.0 Å². The maximum atomic E-state index is 12.8. The molecule has 0 spiro atoms. The molecule has 3 rings (SSSR count). The van der Waals surface area contributed by atoms with E-state index in [1.54, 1.807) is 6.07 Å². The molecule has 7 heteroatoms. The molecule has 1 atom stereocenters. The summed E-state index contributed by atoms with van der Waals surface area (Å²) in [5, 5.41) is 7.69. The van der Waals surface area contributed by atoms with Gasteiger partial charge in [0, 0.05) is 25.2 Å². The number of carbonyl (C=O) groups is 3. The smallest absolute Gasteiger partial charge is 0.262 e. The lowest BCUT2D eigenvalue weighted by atomic mass is 9.88. The fraction of sp³-hybridized carbons (Fsp3) is 0.435. The lowest BCUT2D eigenvalue weighted by Gasteiger charge is -2.35. The predicted molar refractivity (Wildman–Crippen MR) is 119 cm³/mol. The number of hydrogen-bond acceptors (Lipinski definition) is 4. The van der Waals surface area contributed by atoms with E-state index in [-0.39, 0.29) is 23.6 Å². The standard InChI is InChI=1S/C23H29N3O3S/c1-3-12-24-22(28)20(25-21(27)19-5-4-15-30-19)17-10-13-26(14-11-17)23(29)18-8-6-16(2)7-9-18/h4-9,15,17,20H,3,10-14H2,1-2H3,(H,24,28)(H,25,27)/t20-/m1/s1. The van der Waals surface area contributed by atoms with Crippen LogP contribution in [0.3, 0.4) is 0 Å². The number of carbonyl (C=O) groups excluding carboxylic acids is 3. The Labute approximate surface area is 181 Å². The first-order valence-electron chi connectivity index (χ1n) is 10.5. The number of amides is 3. The highest BCUT2D eigenvalue weighted by atomic mass is 32.1. The molecule has 1 aliphatic heterocycles. The van der Waals surface area contributed by atoms with E-state index >= 15 is 0 Å². The molecule has 3 amide bonds. The second-order valence-corrected chi connectivity index (χ2v) is 8.66. The van der Waals surface area contributed by atoms with Crippen LogP contribution < -0.4 is 10.6 Å². The highest BCUT2D eigenvalue weighted by Crippen LogP contribution is 2.23. The zero-order chi connectivity index (χ0) is 21.5. The van der Waals surface area contributed by atoms with Crippen LogP contribution in [0, 0.1) is 12.8 Å². The minimum atomic E-state index is -0.595. The first-order chi connectivity index (χ1) is 14.5. The van der Waals surface area contributed by atoms with Gasteiger partial charge in [-0.15, -0.1) is 11.3 Å². The van der Waals surface area contributed by atoms with Crippen molar-refractivity contribution in [3.63, 3.8) is 0 Å².